The smallest absolute Gasteiger partial charge is 0.339 e. The van der Waals surface area contributed by atoms with E-state index in [0.717, 1.165) is 55.5 Å². The molecule has 1 atom stereocenters. The minimum absolute atomic E-state index is 0.0571. The van der Waals surface area contributed by atoms with Crippen molar-refractivity contribution in [3.05, 3.63) is 84.1 Å². The molecule has 1 amide bonds. The molecule has 1 aromatic heterocycles. The molecule has 34 heavy (non-hydrogen) atoms. The lowest BCUT2D eigenvalue weighted by Crippen LogP contribution is -2.35. The maximum Gasteiger partial charge on any atom is 0.339 e. The number of unbranched alkanes of at least 4 members (excludes halogenated alkanes) is 1. The van der Waals surface area contributed by atoms with Crippen LogP contribution >= 0.6 is 0 Å². The Morgan fingerprint density at radius 2 is 1.74 bits per heavy atom. The molecule has 3 aromatic rings. The maximum absolute atomic E-state index is 13.3. The number of carbonyl (C=O) groups excluding carboxylic acids is 1. The molecule has 0 spiro atoms. The first kappa shape index (κ1) is 25.5. The van der Waals surface area contributed by atoms with Crippen LogP contribution < -0.4 is 4.18 Å². The number of halogens is 1. The molecular formula is C26H30FNO5S. The Labute approximate surface area is 200 Å². The Bertz CT molecular complexity index is 1140. The molecule has 0 aliphatic rings. The Balaban J connectivity index is 1.73. The van der Waals surface area contributed by atoms with E-state index in [-0.39, 0.29) is 22.5 Å². The van der Waals surface area contributed by atoms with E-state index < -0.39 is 15.9 Å². The number of benzene rings is 2. The Morgan fingerprint density at radius 3 is 2.32 bits per heavy atom. The summed E-state index contributed by atoms with van der Waals surface area (Å²) < 4.78 is 48.6. The van der Waals surface area contributed by atoms with Crippen LogP contribution in [0.4, 0.5) is 4.39 Å². The third-order valence-electron chi connectivity index (χ3n) is 5.59. The van der Waals surface area contributed by atoms with Gasteiger partial charge in [-0.1, -0.05) is 38.8 Å². The predicted octanol–water partition coefficient (Wildman–Crippen LogP) is 5.93. The lowest BCUT2D eigenvalue weighted by molar-refractivity contribution is -0.137. The van der Waals surface area contributed by atoms with Gasteiger partial charge in [-0.3, -0.25) is 4.79 Å². The second-order valence-corrected chi connectivity index (χ2v) is 9.70. The van der Waals surface area contributed by atoms with E-state index in [2.05, 4.69) is 6.92 Å². The number of nitrogens with zero attached hydrogens (tertiary/aromatic N) is 1. The second-order valence-electron chi connectivity index (χ2n) is 8.16. The van der Waals surface area contributed by atoms with Gasteiger partial charge in [-0.15, -0.1) is 0 Å². The highest BCUT2D eigenvalue weighted by molar-refractivity contribution is 7.87. The van der Waals surface area contributed by atoms with Crippen molar-refractivity contribution in [1.82, 2.24) is 4.90 Å². The van der Waals surface area contributed by atoms with Gasteiger partial charge in [0, 0.05) is 12.5 Å². The highest BCUT2D eigenvalue weighted by Gasteiger charge is 2.24. The summed E-state index contributed by atoms with van der Waals surface area (Å²) in [5.74, 6) is 0.317. The zero-order valence-electron chi connectivity index (χ0n) is 19.4. The molecule has 1 unspecified atom stereocenters. The maximum atomic E-state index is 13.3. The fourth-order valence-electron chi connectivity index (χ4n) is 3.66. The van der Waals surface area contributed by atoms with Gasteiger partial charge < -0.3 is 13.5 Å². The van der Waals surface area contributed by atoms with Gasteiger partial charge in [0.1, 0.15) is 22.2 Å². The van der Waals surface area contributed by atoms with Crippen molar-refractivity contribution < 1.29 is 26.2 Å². The highest BCUT2D eigenvalue weighted by atomic mass is 32.2. The second kappa shape index (κ2) is 11.8. The number of hydrogen-bond acceptors (Lipinski definition) is 5. The highest BCUT2D eigenvalue weighted by Crippen LogP contribution is 2.23. The molecule has 0 fully saturated rings. The van der Waals surface area contributed by atoms with Crippen molar-refractivity contribution in [2.24, 2.45) is 5.92 Å². The Kier molecular flexibility index (Phi) is 8.87. The molecule has 0 saturated carbocycles. The molecule has 8 heteroatoms. The van der Waals surface area contributed by atoms with E-state index in [1.165, 1.54) is 0 Å². The van der Waals surface area contributed by atoms with Crippen LogP contribution in [-0.4, -0.2) is 19.2 Å². The van der Waals surface area contributed by atoms with Crippen LogP contribution in [0, 0.1) is 11.7 Å². The van der Waals surface area contributed by atoms with Crippen LogP contribution in [0.25, 0.3) is 0 Å². The lowest BCUT2D eigenvalue weighted by atomic mass is 9.97. The number of hydrogen-bond donors (Lipinski definition) is 0. The van der Waals surface area contributed by atoms with Crippen LogP contribution in [-0.2, 0) is 28.0 Å². The average Bonchev–Trinajstić information content (AvgIpc) is 3.33. The zero-order valence-corrected chi connectivity index (χ0v) is 20.3. The largest absolute Gasteiger partial charge is 0.467 e. The van der Waals surface area contributed by atoms with Crippen LogP contribution in [0.3, 0.4) is 0 Å². The number of carbonyl (C=O) groups is 1. The van der Waals surface area contributed by atoms with E-state index in [4.69, 9.17) is 8.60 Å². The summed E-state index contributed by atoms with van der Waals surface area (Å²) in [6, 6.07) is 14.6. The quantitative estimate of drug-likeness (QED) is 0.296. The van der Waals surface area contributed by atoms with Crippen LogP contribution in [0.5, 0.6) is 5.75 Å². The van der Waals surface area contributed by atoms with E-state index in [1.54, 1.807) is 41.5 Å². The normalized spacial score (nSPS) is 12.3. The van der Waals surface area contributed by atoms with Crippen LogP contribution in [0.1, 0.15) is 50.9 Å². The molecule has 6 nitrogen and oxygen atoms in total. The molecule has 182 valence electrons. The van der Waals surface area contributed by atoms with Crippen LogP contribution in [0.2, 0.25) is 0 Å². The number of rotatable bonds is 12. The molecule has 0 aliphatic heterocycles. The Hall–Kier alpha value is -3.13. The van der Waals surface area contributed by atoms with Gasteiger partial charge in [0.15, 0.2) is 0 Å². The standard InChI is InChI=1S/C26H30FNO5S/c1-3-5-7-21(4-2)26(29)28(19-24-8-6-17-32-24)18-20-9-13-23(14-10-20)33-34(30,31)25-15-11-22(27)12-16-25/h6,8-17,21H,3-5,7,18-19H2,1-2H3. The lowest BCUT2D eigenvalue weighted by Gasteiger charge is -2.26. The van der Waals surface area contributed by atoms with E-state index in [1.807, 2.05) is 13.0 Å². The average molecular weight is 488 g/mol. The molecule has 1 heterocycles. The van der Waals surface area contributed by atoms with Gasteiger partial charge in [-0.2, -0.15) is 8.42 Å². The molecule has 0 N–H and O–H groups in total. The number of furan rings is 1. The fraction of sp³-hybridized carbons (Fsp3) is 0.346. The topological polar surface area (TPSA) is 76.8 Å². The number of amides is 1. The predicted molar refractivity (Wildman–Crippen MR) is 127 cm³/mol. The SMILES string of the molecule is CCCCC(CC)C(=O)N(Cc1ccc(OS(=O)(=O)c2ccc(F)cc2)cc1)Cc1ccco1. The first-order valence-electron chi connectivity index (χ1n) is 11.4. The van der Waals surface area contributed by atoms with E-state index in [9.17, 15) is 17.6 Å². The van der Waals surface area contributed by atoms with Gasteiger partial charge in [-0.05, 0) is 66.9 Å². The third-order valence-corrected chi connectivity index (χ3v) is 6.85. The summed E-state index contributed by atoms with van der Waals surface area (Å²) in [6.07, 6.45) is 5.22. The molecule has 0 saturated heterocycles. The molecule has 0 radical (unpaired) electrons. The monoisotopic (exact) mass is 487 g/mol. The summed E-state index contributed by atoms with van der Waals surface area (Å²) in [5, 5.41) is 0. The summed E-state index contributed by atoms with van der Waals surface area (Å²) in [7, 11) is -4.08. The van der Waals surface area contributed by atoms with E-state index in [0.29, 0.717) is 18.8 Å². The molecule has 0 aliphatic carbocycles. The van der Waals surface area contributed by atoms with Crippen molar-refractivity contribution in [1.29, 1.82) is 0 Å². The van der Waals surface area contributed by atoms with Crippen molar-refractivity contribution in [2.45, 2.75) is 57.5 Å². The fourth-order valence-corrected chi connectivity index (χ4v) is 4.59. The van der Waals surface area contributed by atoms with Gasteiger partial charge in [0.25, 0.3) is 0 Å². The molecular weight excluding hydrogens is 457 g/mol. The Morgan fingerprint density at radius 1 is 1.03 bits per heavy atom. The van der Waals surface area contributed by atoms with Crippen molar-refractivity contribution in [2.75, 3.05) is 0 Å². The minimum Gasteiger partial charge on any atom is -0.467 e. The summed E-state index contributed by atoms with van der Waals surface area (Å²) in [5.41, 5.74) is 0.830. The van der Waals surface area contributed by atoms with E-state index >= 15 is 0 Å². The third kappa shape index (κ3) is 6.93. The summed E-state index contributed by atoms with van der Waals surface area (Å²) in [6.45, 7) is 4.84. The minimum atomic E-state index is -4.08. The molecule has 2 aromatic carbocycles. The van der Waals surface area contributed by atoms with Gasteiger partial charge in [0.05, 0.1) is 12.8 Å². The first-order valence-corrected chi connectivity index (χ1v) is 12.8. The zero-order chi connectivity index (χ0) is 24.6. The van der Waals surface area contributed by atoms with Gasteiger partial charge in [-0.25, -0.2) is 4.39 Å². The van der Waals surface area contributed by atoms with Crippen LogP contribution in [0.15, 0.2) is 76.2 Å². The first-order chi connectivity index (χ1) is 16.3. The van der Waals surface area contributed by atoms with Crippen molar-refractivity contribution in [3.63, 3.8) is 0 Å². The molecule has 0 bridgehead atoms. The van der Waals surface area contributed by atoms with Crippen molar-refractivity contribution in [3.8, 4) is 5.75 Å². The summed E-state index contributed by atoms with van der Waals surface area (Å²) in [4.78, 5) is 14.9. The molecule has 3 rings (SSSR count). The van der Waals surface area contributed by atoms with Gasteiger partial charge in [0.2, 0.25) is 5.91 Å². The van der Waals surface area contributed by atoms with Crippen molar-refractivity contribution >= 4 is 16.0 Å². The summed E-state index contributed by atoms with van der Waals surface area (Å²) >= 11 is 0. The van der Waals surface area contributed by atoms with Gasteiger partial charge >= 0.3 is 10.1 Å².